The Morgan fingerprint density at radius 2 is 1.98 bits per heavy atom. The standard InChI is InChI=1S/C33H36F3N5O6S/c1-5-7-8-9-12-37-28(42)23-13-20(16-41(23)31(45)40-32(30(43)44)15-19(32)6-2)47-25-14-22(29-39-26(17-48-29)33(34,35)36)38-27-18(3)24(46-4)11-10-21(25)27/h5-6,10-11,14,17,19-20,23H,1-2,7-9,12-13,15-16H2,3-4H3,(H,37,42)(H,40,45)(H,43,44)/t19-,20+,23+,32-/m1/s1. The minimum atomic E-state index is -4.63. The van der Waals surface area contributed by atoms with Crippen LogP contribution in [0.2, 0.25) is 0 Å². The smallest absolute Gasteiger partial charge is 0.434 e. The third kappa shape index (κ3) is 6.96. The van der Waals surface area contributed by atoms with E-state index >= 15 is 0 Å². The van der Waals surface area contributed by atoms with Crippen LogP contribution in [0.5, 0.6) is 11.5 Å². The number of allylic oxidation sites excluding steroid dienone is 1. The first-order valence-corrected chi connectivity index (χ1v) is 16.2. The van der Waals surface area contributed by atoms with Crippen molar-refractivity contribution in [3.05, 3.63) is 60.1 Å². The van der Waals surface area contributed by atoms with Gasteiger partial charge in [-0.05, 0) is 44.7 Å². The largest absolute Gasteiger partial charge is 0.496 e. The Balaban J connectivity index is 1.46. The number of hydrogen-bond donors (Lipinski definition) is 3. The molecule has 256 valence electrons. The molecule has 2 aliphatic rings. The highest BCUT2D eigenvalue weighted by atomic mass is 32.1. The molecule has 48 heavy (non-hydrogen) atoms. The van der Waals surface area contributed by atoms with Crippen LogP contribution in [0.1, 0.15) is 43.4 Å². The number of pyridine rings is 1. The highest BCUT2D eigenvalue weighted by Crippen LogP contribution is 2.45. The van der Waals surface area contributed by atoms with Gasteiger partial charge in [0, 0.05) is 41.3 Å². The molecular formula is C33H36F3N5O6S. The fourth-order valence-corrected chi connectivity index (χ4v) is 6.67. The lowest BCUT2D eigenvalue weighted by atomic mass is 10.1. The van der Waals surface area contributed by atoms with Crippen molar-refractivity contribution in [3.8, 4) is 22.2 Å². The Kier molecular flexibility index (Phi) is 9.99. The second-order valence-corrected chi connectivity index (χ2v) is 12.7. The number of urea groups is 1. The number of nitrogens with one attached hydrogen (secondary N) is 2. The summed E-state index contributed by atoms with van der Waals surface area (Å²) in [7, 11) is 1.49. The number of thiazole rings is 1. The van der Waals surface area contributed by atoms with Crippen molar-refractivity contribution in [1.29, 1.82) is 0 Å². The Hall–Kier alpha value is -4.66. The van der Waals surface area contributed by atoms with E-state index in [1.165, 1.54) is 24.2 Å². The number of fused-ring (bicyclic) bond motifs is 1. The predicted molar refractivity (Wildman–Crippen MR) is 173 cm³/mol. The molecule has 11 nitrogen and oxygen atoms in total. The molecule has 0 spiro atoms. The van der Waals surface area contributed by atoms with Crippen LogP contribution in [-0.2, 0) is 15.8 Å². The van der Waals surface area contributed by atoms with Crippen LogP contribution in [-0.4, -0.2) is 75.8 Å². The average molecular weight is 688 g/mol. The van der Waals surface area contributed by atoms with Crippen molar-refractivity contribution in [1.82, 2.24) is 25.5 Å². The lowest BCUT2D eigenvalue weighted by Crippen LogP contribution is -2.55. The van der Waals surface area contributed by atoms with E-state index in [9.17, 15) is 32.7 Å². The van der Waals surface area contributed by atoms with Crippen molar-refractivity contribution in [2.45, 2.75) is 62.9 Å². The Morgan fingerprint density at radius 3 is 2.60 bits per heavy atom. The minimum absolute atomic E-state index is 0.0256. The average Bonchev–Trinajstić information content (AvgIpc) is 3.35. The second kappa shape index (κ2) is 13.8. The lowest BCUT2D eigenvalue weighted by Gasteiger charge is -2.26. The molecule has 0 bridgehead atoms. The number of aryl methyl sites for hydroxylation is 1. The molecular weight excluding hydrogens is 651 g/mol. The molecule has 2 fully saturated rings. The zero-order chi connectivity index (χ0) is 34.8. The predicted octanol–water partition coefficient (Wildman–Crippen LogP) is 5.73. The fraction of sp³-hybridized carbons (Fsp3) is 0.424. The maximum Gasteiger partial charge on any atom is 0.434 e. The number of aliphatic carboxylic acids is 1. The summed E-state index contributed by atoms with van der Waals surface area (Å²) < 4.78 is 52.0. The van der Waals surface area contributed by atoms with E-state index in [-0.39, 0.29) is 35.8 Å². The quantitative estimate of drug-likeness (QED) is 0.153. The normalized spacial score (nSPS) is 21.9. The summed E-state index contributed by atoms with van der Waals surface area (Å²) in [5.74, 6) is -1.31. The van der Waals surface area contributed by atoms with Crippen molar-refractivity contribution in [3.63, 3.8) is 0 Å². The summed E-state index contributed by atoms with van der Waals surface area (Å²) >= 11 is 0.787. The van der Waals surface area contributed by atoms with Gasteiger partial charge in [0.2, 0.25) is 5.91 Å². The van der Waals surface area contributed by atoms with Crippen LogP contribution >= 0.6 is 11.3 Å². The number of likely N-dealkylation sites (tertiary alicyclic amines) is 1. The van der Waals surface area contributed by atoms with Gasteiger partial charge in [0.15, 0.2) is 5.69 Å². The number of hydrogen-bond acceptors (Lipinski definition) is 8. The zero-order valence-electron chi connectivity index (χ0n) is 26.4. The number of rotatable bonds is 13. The van der Waals surface area contributed by atoms with Gasteiger partial charge in [0.1, 0.15) is 39.9 Å². The fourth-order valence-electron chi connectivity index (χ4n) is 5.89. The van der Waals surface area contributed by atoms with Gasteiger partial charge in [0.25, 0.3) is 0 Å². The number of amides is 3. The van der Waals surface area contributed by atoms with Crippen molar-refractivity contribution in [2.24, 2.45) is 5.92 Å². The van der Waals surface area contributed by atoms with E-state index in [0.29, 0.717) is 35.2 Å². The molecule has 3 heterocycles. The van der Waals surface area contributed by atoms with E-state index in [0.717, 1.165) is 29.6 Å². The second-order valence-electron chi connectivity index (χ2n) is 11.8. The number of carboxylic acid groups (broad SMARTS) is 1. The number of benzene rings is 1. The molecule has 15 heteroatoms. The molecule has 1 saturated heterocycles. The summed E-state index contributed by atoms with van der Waals surface area (Å²) in [5, 5.41) is 16.8. The van der Waals surface area contributed by atoms with E-state index in [4.69, 9.17) is 9.47 Å². The third-order valence-electron chi connectivity index (χ3n) is 8.65. The molecule has 0 unspecified atom stereocenters. The molecule has 3 N–H and O–H groups in total. The van der Waals surface area contributed by atoms with Crippen molar-refractivity contribution < 1.29 is 42.1 Å². The Bertz CT molecular complexity index is 1750. The number of methoxy groups -OCH3 is 1. The maximum atomic E-state index is 13.6. The van der Waals surface area contributed by atoms with Crippen LogP contribution in [0.25, 0.3) is 21.6 Å². The molecule has 1 aliphatic heterocycles. The third-order valence-corrected chi connectivity index (χ3v) is 9.51. The molecule has 2 aromatic heterocycles. The number of carboxylic acids is 1. The minimum Gasteiger partial charge on any atom is -0.496 e. The first-order chi connectivity index (χ1) is 22.8. The molecule has 1 saturated carbocycles. The Morgan fingerprint density at radius 1 is 1.21 bits per heavy atom. The molecule has 3 aromatic rings. The van der Waals surface area contributed by atoms with Crippen LogP contribution in [0.4, 0.5) is 18.0 Å². The number of carbonyl (C=O) groups excluding carboxylic acids is 2. The number of aromatic nitrogens is 2. The zero-order valence-corrected chi connectivity index (χ0v) is 27.2. The van der Waals surface area contributed by atoms with Crippen molar-refractivity contribution >= 4 is 40.1 Å². The SMILES string of the molecule is C=CCCCCNC(=O)[C@@H]1C[C@H](Oc2cc(-c3nc(C(F)(F)F)cs3)nc3c(C)c(OC)ccc23)CN1C(=O)N[C@]1(C(=O)O)C[C@H]1C=C. The molecule has 0 radical (unpaired) electrons. The summed E-state index contributed by atoms with van der Waals surface area (Å²) in [4.78, 5) is 48.7. The molecule has 1 aromatic carbocycles. The van der Waals surface area contributed by atoms with Crippen LogP contribution < -0.4 is 20.1 Å². The van der Waals surface area contributed by atoms with E-state index in [1.54, 1.807) is 25.1 Å². The van der Waals surface area contributed by atoms with Crippen molar-refractivity contribution in [2.75, 3.05) is 20.2 Å². The number of alkyl halides is 3. The molecule has 5 rings (SSSR count). The number of nitrogens with zero attached hydrogens (tertiary/aromatic N) is 3. The van der Waals surface area contributed by atoms with Gasteiger partial charge in [-0.25, -0.2) is 19.6 Å². The number of carbonyl (C=O) groups is 3. The number of unbranched alkanes of at least 4 members (excludes halogenated alkanes) is 2. The first-order valence-electron chi connectivity index (χ1n) is 15.3. The highest BCUT2D eigenvalue weighted by Gasteiger charge is 2.61. The lowest BCUT2D eigenvalue weighted by molar-refractivity contribution is -0.141. The molecule has 3 amide bonds. The van der Waals surface area contributed by atoms with Gasteiger partial charge in [-0.3, -0.25) is 4.79 Å². The highest BCUT2D eigenvalue weighted by molar-refractivity contribution is 7.13. The number of halogens is 3. The van der Waals surface area contributed by atoms with Gasteiger partial charge < -0.3 is 30.1 Å². The van der Waals surface area contributed by atoms with Gasteiger partial charge >= 0.3 is 18.2 Å². The number of ether oxygens (including phenoxy) is 2. The topological polar surface area (TPSA) is 143 Å². The monoisotopic (exact) mass is 687 g/mol. The Labute approximate surface area is 278 Å². The van der Waals surface area contributed by atoms with Gasteiger partial charge in [-0.1, -0.05) is 12.2 Å². The summed E-state index contributed by atoms with van der Waals surface area (Å²) in [6.07, 6.45) is 0.428. The molecule has 4 atom stereocenters. The first kappa shape index (κ1) is 34.7. The van der Waals surface area contributed by atoms with E-state index in [2.05, 4.69) is 33.8 Å². The van der Waals surface area contributed by atoms with Gasteiger partial charge in [0.05, 0.1) is 19.2 Å². The molecule has 1 aliphatic carbocycles. The maximum absolute atomic E-state index is 13.6. The summed E-state index contributed by atoms with van der Waals surface area (Å²) in [6, 6.07) is 3.20. The van der Waals surface area contributed by atoms with Crippen LogP contribution in [0.3, 0.4) is 0 Å². The van der Waals surface area contributed by atoms with Crippen LogP contribution in [0.15, 0.2) is 48.9 Å². The van der Waals surface area contributed by atoms with Gasteiger partial charge in [-0.15, -0.1) is 24.5 Å². The summed E-state index contributed by atoms with van der Waals surface area (Å²) in [6.45, 7) is 9.41. The summed E-state index contributed by atoms with van der Waals surface area (Å²) in [5.41, 5.74) is -1.38. The van der Waals surface area contributed by atoms with E-state index < -0.39 is 53.4 Å². The van der Waals surface area contributed by atoms with Gasteiger partial charge in [-0.2, -0.15) is 13.2 Å². The van der Waals surface area contributed by atoms with E-state index in [1.807, 2.05) is 0 Å². The van der Waals surface area contributed by atoms with Crippen LogP contribution in [0, 0.1) is 12.8 Å².